The molecule has 0 bridgehead atoms. The molecule has 7 nitrogen and oxygen atoms in total. The normalized spacial score (nSPS) is 10.8. The Morgan fingerprint density at radius 2 is 1.44 bits per heavy atom. The summed E-state index contributed by atoms with van der Waals surface area (Å²) in [7, 11) is 0. The Kier molecular flexibility index (Phi) is 5.01. The Labute approximate surface area is 138 Å². The summed E-state index contributed by atoms with van der Waals surface area (Å²) in [5, 5.41) is 14.8. The van der Waals surface area contributed by atoms with Gasteiger partial charge in [0.2, 0.25) is 0 Å². The number of rotatable bonds is 3. The predicted octanol–water partition coefficient (Wildman–Crippen LogP) is 3.19. The van der Waals surface area contributed by atoms with Gasteiger partial charge >= 0.3 is 18.0 Å². The molecule has 25 heavy (non-hydrogen) atoms. The van der Waals surface area contributed by atoms with Crippen molar-refractivity contribution >= 4 is 28.9 Å². The van der Waals surface area contributed by atoms with Crippen LogP contribution in [0, 0.1) is 10.1 Å². The third-order valence-corrected chi connectivity index (χ3v) is 2.97. The molecule has 2 rings (SSSR count). The molecule has 130 valence electrons. The quantitative estimate of drug-likeness (QED) is 0.503. The number of nitro groups is 1. The summed E-state index contributed by atoms with van der Waals surface area (Å²) in [4.78, 5) is 33.5. The van der Waals surface area contributed by atoms with Crippen molar-refractivity contribution in [2.45, 2.75) is 6.18 Å². The first-order chi connectivity index (χ1) is 11.7. The molecule has 0 aliphatic heterocycles. The first-order valence-electron chi connectivity index (χ1n) is 6.71. The van der Waals surface area contributed by atoms with E-state index in [-0.39, 0.29) is 17.1 Å². The molecule has 0 aliphatic carbocycles. The first kappa shape index (κ1) is 17.9. The molecule has 0 atom stereocenters. The van der Waals surface area contributed by atoms with Crippen molar-refractivity contribution in [3.05, 3.63) is 64.2 Å². The number of hydrogen-bond acceptors (Lipinski definition) is 4. The number of carbonyl (C=O) groups excluding carboxylic acids is 2. The molecular weight excluding hydrogens is 343 g/mol. The van der Waals surface area contributed by atoms with Gasteiger partial charge in [-0.2, -0.15) is 13.2 Å². The van der Waals surface area contributed by atoms with Crippen molar-refractivity contribution in [1.82, 2.24) is 0 Å². The van der Waals surface area contributed by atoms with Crippen LogP contribution >= 0.6 is 0 Å². The van der Waals surface area contributed by atoms with E-state index in [1.54, 1.807) is 0 Å². The lowest BCUT2D eigenvalue weighted by atomic mass is 10.2. The molecule has 0 aliphatic rings. The van der Waals surface area contributed by atoms with Crippen LogP contribution in [0.4, 0.5) is 30.2 Å². The fourth-order valence-corrected chi connectivity index (χ4v) is 1.85. The van der Waals surface area contributed by atoms with Gasteiger partial charge in [0, 0.05) is 23.5 Å². The molecule has 10 heteroatoms. The molecule has 2 aromatic rings. The molecule has 2 N–H and O–H groups in total. The molecule has 2 aromatic carbocycles. The maximum absolute atomic E-state index is 12.6. The monoisotopic (exact) mass is 353 g/mol. The van der Waals surface area contributed by atoms with E-state index in [0.717, 1.165) is 18.2 Å². The molecule has 0 fully saturated rings. The Balaban J connectivity index is 2.07. The predicted molar refractivity (Wildman–Crippen MR) is 81.8 cm³/mol. The molecule has 0 unspecified atom stereocenters. The number of carbonyl (C=O) groups is 2. The minimum Gasteiger partial charge on any atom is -0.318 e. The van der Waals surface area contributed by atoms with E-state index < -0.39 is 28.5 Å². The van der Waals surface area contributed by atoms with Crippen LogP contribution in [0.15, 0.2) is 48.5 Å². The van der Waals surface area contributed by atoms with Gasteiger partial charge in [-0.3, -0.25) is 19.7 Å². The number of nitrogens with zero attached hydrogens (tertiary/aromatic N) is 1. The molecule has 0 spiro atoms. The molecule has 0 heterocycles. The lowest BCUT2D eigenvalue weighted by Gasteiger charge is -2.10. The molecule has 0 saturated carbocycles. The van der Waals surface area contributed by atoms with Crippen LogP contribution in [-0.4, -0.2) is 16.7 Å². The Morgan fingerprint density at radius 1 is 0.920 bits per heavy atom. The van der Waals surface area contributed by atoms with E-state index in [4.69, 9.17) is 0 Å². The summed E-state index contributed by atoms with van der Waals surface area (Å²) in [6.45, 7) is 0. The topological polar surface area (TPSA) is 101 Å². The van der Waals surface area contributed by atoms with Crippen molar-refractivity contribution in [3.63, 3.8) is 0 Å². The summed E-state index contributed by atoms with van der Waals surface area (Å²) < 4.78 is 37.8. The molecule has 0 aromatic heterocycles. The highest BCUT2D eigenvalue weighted by molar-refractivity contribution is 6.43. The van der Waals surface area contributed by atoms with Crippen LogP contribution in [0.1, 0.15) is 5.56 Å². The standard InChI is InChI=1S/C15H10F3N3O4/c16-15(17,18)9-3-1-4-10(7-9)19-13(22)14(23)20-11-5-2-6-12(8-11)21(24)25/h1-8H,(H,19,22)(H,20,23). The van der Waals surface area contributed by atoms with Crippen molar-refractivity contribution in [2.24, 2.45) is 0 Å². The van der Waals surface area contributed by atoms with Gasteiger partial charge < -0.3 is 10.6 Å². The van der Waals surface area contributed by atoms with Crippen LogP contribution in [0.3, 0.4) is 0 Å². The highest BCUT2D eigenvalue weighted by Crippen LogP contribution is 2.30. The fourth-order valence-electron chi connectivity index (χ4n) is 1.85. The number of non-ortho nitro benzene ring substituents is 1. The van der Waals surface area contributed by atoms with Crippen LogP contribution in [0.5, 0.6) is 0 Å². The Hall–Kier alpha value is -3.43. The second kappa shape index (κ2) is 6.99. The van der Waals surface area contributed by atoms with Crippen molar-refractivity contribution in [2.75, 3.05) is 10.6 Å². The average molecular weight is 353 g/mol. The van der Waals surface area contributed by atoms with Gasteiger partial charge in [0.05, 0.1) is 10.5 Å². The van der Waals surface area contributed by atoms with Crippen molar-refractivity contribution in [1.29, 1.82) is 0 Å². The second-order valence-corrected chi connectivity index (χ2v) is 4.79. The van der Waals surface area contributed by atoms with E-state index in [0.29, 0.717) is 6.07 Å². The number of anilines is 2. The molecular formula is C15H10F3N3O4. The van der Waals surface area contributed by atoms with Gasteiger partial charge in [0.15, 0.2) is 0 Å². The SMILES string of the molecule is O=C(Nc1cccc([N+](=O)[O-])c1)C(=O)Nc1cccc(C(F)(F)F)c1. The summed E-state index contributed by atoms with van der Waals surface area (Å²) in [6, 6.07) is 8.62. The number of nitro benzene ring substituents is 1. The maximum atomic E-state index is 12.6. The second-order valence-electron chi connectivity index (χ2n) is 4.79. The molecule has 0 radical (unpaired) electrons. The summed E-state index contributed by atoms with van der Waals surface area (Å²) in [6.07, 6.45) is -4.59. The van der Waals surface area contributed by atoms with Gasteiger partial charge in [-0.15, -0.1) is 0 Å². The highest BCUT2D eigenvalue weighted by Gasteiger charge is 2.30. The third kappa shape index (κ3) is 4.77. The lowest BCUT2D eigenvalue weighted by molar-refractivity contribution is -0.384. The zero-order chi connectivity index (χ0) is 18.6. The van der Waals surface area contributed by atoms with Gasteiger partial charge in [0.25, 0.3) is 5.69 Å². The summed E-state index contributed by atoms with van der Waals surface area (Å²) in [5.74, 6) is -2.40. The van der Waals surface area contributed by atoms with Gasteiger partial charge in [-0.1, -0.05) is 12.1 Å². The number of alkyl halides is 3. The zero-order valence-corrected chi connectivity index (χ0v) is 12.3. The maximum Gasteiger partial charge on any atom is 0.416 e. The molecule has 0 saturated heterocycles. The Morgan fingerprint density at radius 3 is 1.96 bits per heavy atom. The first-order valence-corrected chi connectivity index (χ1v) is 6.71. The van der Waals surface area contributed by atoms with Gasteiger partial charge in [-0.25, -0.2) is 0 Å². The van der Waals surface area contributed by atoms with Gasteiger partial charge in [0.1, 0.15) is 0 Å². The summed E-state index contributed by atoms with van der Waals surface area (Å²) >= 11 is 0. The van der Waals surface area contributed by atoms with E-state index in [1.165, 1.54) is 24.3 Å². The molecule has 2 amide bonds. The van der Waals surface area contributed by atoms with E-state index >= 15 is 0 Å². The van der Waals surface area contributed by atoms with Crippen LogP contribution in [0.2, 0.25) is 0 Å². The zero-order valence-electron chi connectivity index (χ0n) is 12.3. The minimum atomic E-state index is -4.59. The number of nitrogens with one attached hydrogen (secondary N) is 2. The highest BCUT2D eigenvalue weighted by atomic mass is 19.4. The lowest BCUT2D eigenvalue weighted by Crippen LogP contribution is -2.29. The average Bonchev–Trinajstić information content (AvgIpc) is 2.54. The van der Waals surface area contributed by atoms with Crippen LogP contribution in [0.25, 0.3) is 0 Å². The number of benzene rings is 2. The van der Waals surface area contributed by atoms with Gasteiger partial charge in [-0.05, 0) is 24.3 Å². The Bertz CT molecular complexity index is 837. The summed E-state index contributed by atoms with van der Waals surface area (Å²) in [5.41, 5.74) is -1.49. The number of hydrogen-bond donors (Lipinski definition) is 2. The smallest absolute Gasteiger partial charge is 0.318 e. The minimum absolute atomic E-state index is 0.00149. The number of halogens is 3. The van der Waals surface area contributed by atoms with Crippen LogP contribution < -0.4 is 10.6 Å². The van der Waals surface area contributed by atoms with E-state index in [9.17, 15) is 32.9 Å². The number of amides is 2. The van der Waals surface area contributed by atoms with E-state index in [1.807, 2.05) is 5.32 Å². The van der Waals surface area contributed by atoms with Crippen LogP contribution in [-0.2, 0) is 15.8 Å². The third-order valence-electron chi connectivity index (χ3n) is 2.97. The van der Waals surface area contributed by atoms with Crippen molar-refractivity contribution in [3.8, 4) is 0 Å². The van der Waals surface area contributed by atoms with Crippen molar-refractivity contribution < 1.29 is 27.7 Å². The van der Waals surface area contributed by atoms with E-state index in [2.05, 4.69) is 5.32 Å². The fraction of sp³-hybridized carbons (Fsp3) is 0.0667. The largest absolute Gasteiger partial charge is 0.416 e.